The van der Waals surface area contributed by atoms with Crippen molar-refractivity contribution in [1.29, 1.82) is 5.41 Å². The Balaban J connectivity index is 0.00000129. The Morgan fingerprint density at radius 1 is 1.13 bits per heavy atom. The lowest BCUT2D eigenvalue weighted by Crippen LogP contribution is -2.33. The smallest absolute Gasteiger partial charge is 0.303 e. The summed E-state index contributed by atoms with van der Waals surface area (Å²) in [6, 6.07) is 9.82. The molecule has 0 aliphatic heterocycles. The van der Waals surface area contributed by atoms with Crippen LogP contribution in [0.5, 0.6) is 0 Å². The summed E-state index contributed by atoms with van der Waals surface area (Å²) in [5, 5.41) is 35.8. The zero-order valence-electron chi connectivity index (χ0n) is 27.0. The molecule has 0 aliphatic carbocycles. The van der Waals surface area contributed by atoms with Gasteiger partial charge in [0.05, 0.1) is 18.1 Å². The quantitative estimate of drug-likeness (QED) is 0.0771. The fraction of sp³-hybridized carbons (Fsp3) is 0.297. The topological polar surface area (TPSA) is 124 Å². The van der Waals surface area contributed by atoms with Gasteiger partial charge in [0.25, 0.3) is 0 Å². The predicted molar refractivity (Wildman–Crippen MR) is 190 cm³/mol. The first-order valence-corrected chi connectivity index (χ1v) is 15.1. The summed E-state index contributed by atoms with van der Waals surface area (Å²) in [7, 11) is 1.68. The van der Waals surface area contributed by atoms with Crippen molar-refractivity contribution in [3.05, 3.63) is 116 Å². The highest BCUT2D eigenvalue weighted by Gasteiger charge is 2.27. The van der Waals surface area contributed by atoms with Crippen LogP contribution >= 0.6 is 0 Å². The van der Waals surface area contributed by atoms with E-state index in [1.165, 1.54) is 6.21 Å². The molecule has 0 saturated heterocycles. The molecule has 1 heterocycles. The zero-order valence-corrected chi connectivity index (χ0v) is 27.0. The van der Waals surface area contributed by atoms with E-state index < -0.39 is 18.2 Å². The summed E-state index contributed by atoms with van der Waals surface area (Å²) in [5.74, 6) is -1.09. The normalized spacial score (nSPS) is 14.1. The Morgan fingerprint density at radius 2 is 1.84 bits per heavy atom. The molecule has 8 nitrogen and oxygen atoms in total. The number of hydrogen-bond donors (Lipinski definition) is 4. The molecule has 2 aromatic rings. The van der Waals surface area contributed by atoms with Gasteiger partial charge < -0.3 is 20.9 Å². The maximum Gasteiger partial charge on any atom is 0.303 e. The van der Waals surface area contributed by atoms with Crippen molar-refractivity contribution >= 4 is 30.2 Å². The van der Waals surface area contributed by atoms with Gasteiger partial charge in [-0.3, -0.25) is 9.79 Å². The van der Waals surface area contributed by atoms with E-state index in [1.807, 2.05) is 104 Å². The lowest BCUT2D eigenvalue weighted by molar-refractivity contribution is -0.137. The molecular formula is C37H49N5O3. The van der Waals surface area contributed by atoms with Crippen molar-refractivity contribution < 1.29 is 15.0 Å². The number of nitrogens with zero attached hydrogens (tertiary/aromatic N) is 3. The Bertz CT molecular complexity index is 1380. The summed E-state index contributed by atoms with van der Waals surface area (Å²) < 4.78 is 1.90. The molecule has 0 fully saturated rings. The van der Waals surface area contributed by atoms with Crippen molar-refractivity contribution in [1.82, 2.24) is 15.1 Å². The van der Waals surface area contributed by atoms with Crippen LogP contribution in [0.15, 0.2) is 109 Å². The summed E-state index contributed by atoms with van der Waals surface area (Å²) in [4.78, 5) is 15.0. The standard InChI is InChI=1S/C30H39N5O3.C7H10/c1-5-7-9-13-23(6-2)29-26(19-18-25(36)16-12-17-27(37)38)28(24-14-10-8-11-15-24)34-35(29)30(22(3)20-31)33-21-32-4;1-3-5-7-6-4-2/h5-11,14-15,18-22,25,30-31,36H,1,12-13,16-17H2,2-4H3,(H,32,33)(H,37,38);3-7H,1H2,2H3/b9-7?,19-18+,23-6+,31-20?;6-4-,7-5-/t22?,25-,30?;/m0./s1. The molecule has 45 heavy (non-hydrogen) atoms. The highest BCUT2D eigenvalue weighted by Crippen LogP contribution is 2.35. The third-order valence-corrected chi connectivity index (χ3v) is 6.58. The second kappa shape index (κ2) is 22.7. The summed E-state index contributed by atoms with van der Waals surface area (Å²) in [5.41, 5.74) is 4.33. The molecule has 0 amide bonds. The number of aliphatic carboxylic acids is 1. The fourth-order valence-electron chi connectivity index (χ4n) is 4.29. The first-order chi connectivity index (χ1) is 21.8. The summed E-state index contributed by atoms with van der Waals surface area (Å²) >= 11 is 0. The SMILES string of the molecule is C=C/C=C\C=C/C.C=CC=CC/C(=C\C)c1c(/C=C/[C@@H](O)CCCC(=O)O)c(-c2ccccc2)nn1C(NC=NC)C(C)C=N. The van der Waals surface area contributed by atoms with Crippen LogP contribution in [0.1, 0.15) is 63.9 Å². The van der Waals surface area contributed by atoms with Crippen molar-refractivity contribution in [3.63, 3.8) is 0 Å². The molecule has 8 heteroatoms. The first kappa shape index (κ1) is 38.2. The Hall–Kier alpha value is -4.82. The average molecular weight is 612 g/mol. The van der Waals surface area contributed by atoms with E-state index in [0.29, 0.717) is 19.3 Å². The van der Waals surface area contributed by atoms with Crippen molar-refractivity contribution in [2.45, 2.75) is 58.7 Å². The highest BCUT2D eigenvalue weighted by atomic mass is 16.4. The lowest BCUT2D eigenvalue weighted by Gasteiger charge is -2.24. The van der Waals surface area contributed by atoms with Gasteiger partial charge in [0.1, 0.15) is 11.9 Å². The number of aromatic nitrogens is 2. The van der Waals surface area contributed by atoms with Gasteiger partial charge in [0, 0.05) is 36.7 Å². The number of aliphatic hydroxyl groups is 1. The van der Waals surface area contributed by atoms with Gasteiger partial charge >= 0.3 is 5.97 Å². The number of benzene rings is 1. The third-order valence-electron chi connectivity index (χ3n) is 6.58. The first-order valence-electron chi connectivity index (χ1n) is 15.1. The third kappa shape index (κ3) is 13.6. The van der Waals surface area contributed by atoms with Crippen LogP contribution in [0.25, 0.3) is 22.9 Å². The maximum absolute atomic E-state index is 10.9. The molecule has 0 radical (unpaired) electrons. The van der Waals surface area contributed by atoms with Gasteiger partial charge in [-0.15, -0.1) is 0 Å². The van der Waals surface area contributed by atoms with Crippen LogP contribution in [-0.2, 0) is 4.79 Å². The summed E-state index contributed by atoms with van der Waals surface area (Å²) in [6.45, 7) is 13.2. The molecular weight excluding hydrogens is 562 g/mol. The van der Waals surface area contributed by atoms with Crippen LogP contribution in [0.2, 0.25) is 0 Å². The van der Waals surface area contributed by atoms with Crippen LogP contribution in [0.3, 0.4) is 0 Å². The number of aliphatic imine (C=N–C) groups is 1. The van der Waals surface area contributed by atoms with Crippen LogP contribution in [0.4, 0.5) is 0 Å². The van der Waals surface area contributed by atoms with Crippen molar-refractivity contribution in [3.8, 4) is 11.3 Å². The largest absolute Gasteiger partial charge is 0.481 e. The van der Waals surface area contributed by atoms with E-state index >= 15 is 0 Å². The summed E-state index contributed by atoms with van der Waals surface area (Å²) in [6.07, 6.45) is 23.9. The van der Waals surface area contributed by atoms with Gasteiger partial charge in [0.2, 0.25) is 0 Å². The van der Waals surface area contributed by atoms with E-state index in [-0.39, 0.29) is 12.3 Å². The number of carboxylic acid groups (broad SMARTS) is 1. The minimum Gasteiger partial charge on any atom is -0.481 e. The Morgan fingerprint density at radius 3 is 2.42 bits per heavy atom. The fourth-order valence-corrected chi connectivity index (χ4v) is 4.29. The number of allylic oxidation sites excluding steroid dienone is 10. The Kier molecular flexibility index (Phi) is 19.3. The van der Waals surface area contributed by atoms with E-state index in [1.54, 1.807) is 31.6 Å². The molecule has 3 atom stereocenters. The van der Waals surface area contributed by atoms with Crippen LogP contribution in [0, 0.1) is 11.3 Å². The number of nitrogens with one attached hydrogen (secondary N) is 2. The highest BCUT2D eigenvalue weighted by molar-refractivity contribution is 5.82. The second-order valence-corrected chi connectivity index (χ2v) is 9.99. The Labute approximate surface area is 268 Å². The number of carbonyl (C=O) groups is 1. The molecule has 0 spiro atoms. The van der Waals surface area contributed by atoms with Gasteiger partial charge in [-0.2, -0.15) is 5.10 Å². The average Bonchev–Trinajstić information content (AvgIpc) is 3.41. The van der Waals surface area contributed by atoms with E-state index in [0.717, 1.165) is 28.1 Å². The second-order valence-electron chi connectivity index (χ2n) is 9.99. The zero-order chi connectivity index (χ0) is 33.5. The molecule has 2 unspecified atom stereocenters. The predicted octanol–water partition coefficient (Wildman–Crippen LogP) is 8.05. The number of aliphatic hydroxyl groups excluding tert-OH is 1. The minimum absolute atomic E-state index is 0.00947. The van der Waals surface area contributed by atoms with Gasteiger partial charge in [-0.25, -0.2) is 4.68 Å². The lowest BCUT2D eigenvalue weighted by atomic mass is 9.98. The van der Waals surface area contributed by atoms with Gasteiger partial charge in [-0.05, 0) is 38.7 Å². The molecule has 0 saturated carbocycles. The monoisotopic (exact) mass is 611 g/mol. The van der Waals surface area contributed by atoms with E-state index in [2.05, 4.69) is 23.5 Å². The van der Waals surface area contributed by atoms with Crippen molar-refractivity contribution in [2.24, 2.45) is 10.9 Å². The van der Waals surface area contributed by atoms with Crippen LogP contribution < -0.4 is 5.32 Å². The van der Waals surface area contributed by atoms with Gasteiger partial charge in [-0.1, -0.05) is 117 Å². The maximum atomic E-state index is 10.9. The van der Waals surface area contributed by atoms with E-state index in [9.17, 15) is 9.90 Å². The molecule has 4 N–H and O–H groups in total. The molecule has 240 valence electrons. The van der Waals surface area contributed by atoms with Gasteiger partial charge in [0.15, 0.2) is 0 Å². The number of hydrogen-bond acceptors (Lipinski definition) is 5. The molecule has 0 bridgehead atoms. The minimum atomic E-state index is -0.879. The molecule has 1 aromatic heterocycles. The number of carboxylic acids is 1. The molecule has 2 rings (SSSR count). The van der Waals surface area contributed by atoms with E-state index in [4.69, 9.17) is 15.6 Å². The number of rotatable bonds is 18. The van der Waals surface area contributed by atoms with Crippen LogP contribution in [-0.4, -0.2) is 51.7 Å². The van der Waals surface area contributed by atoms with Crippen molar-refractivity contribution in [2.75, 3.05) is 7.05 Å². The molecule has 1 aromatic carbocycles. The molecule has 0 aliphatic rings.